The van der Waals surface area contributed by atoms with Crippen molar-refractivity contribution in [2.75, 3.05) is 41.1 Å². The highest BCUT2D eigenvalue weighted by atomic mass is 35.5. The molecule has 13 rings (SSSR count). The van der Waals surface area contributed by atoms with E-state index in [9.17, 15) is 0 Å². The molecule has 10 aromatic carbocycles. The third-order valence-electron chi connectivity index (χ3n) is 17.8. The van der Waals surface area contributed by atoms with Crippen LogP contribution < -0.4 is 33.6 Å². The first-order valence-corrected chi connectivity index (χ1v) is 30.9. The van der Waals surface area contributed by atoms with Crippen LogP contribution in [0.25, 0.3) is 33.4 Å². The molecule has 10 aromatic rings. The summed E-state index contributed by atoms with van der Waals surface area (Å²) in [5.41, 5.74) is 24.8. The molecule has 8 heteroatoms. The van der Waals surface area contributed by atoms with Gasteiger partial charge in [-0.1, -0.05) is 176 Å². The molecule has 7 nitrogen and oxygen atoms in total. The summed E-state index contributed by atoms with van der Waals surface area (Å²) in [5.74, 6) is 2.80. The first-order chi connectivity index (χ1) is 41.7. The average Bonchev–Trinajstić information content (AvgIpc) is 1.79. The zero-order chi connectivity index (χ0) is 60.7. The molecule has 0 fully saturated rings. The number of benzene rings is 10. The van der Waals surface area contributed by atoms with Crippen LogP contribution in [0.5, 0.6) is 23.0 Å². The quantitative estimate of drug-likeness (QED) is 0.128. The molecule has 0 N–H and O–H groups in total. The van der Waals surface area contributed by atoms with Crippen molar-refractivity contribution in [3.05, 3.63) is 244 Å². The molecule has 2 aliphatic heterocycles. The van der Waals surface area contributed by atoms with Crippen LogP contribution in [0, 0.1) is 27.7 Å². The Bertz CT molecular complexity index is 4090. The van der Waals surface area contributed by atoms with Crippen molar-refractivity contribution in [3.63, 3.8) is 0 Å². The van der Waals surface area contributed by atoms with Gasteiger partial charge in [0.05, 0.1) is 39.1 Å². The molecule has 3 aliphatic rings. The third-order valence-corrected chi connectivity index (χ3v) is 18.1. The first kappa shape index (κ1) is 57.2. The van der Waals surface area contributed by atoms with E-state index in [4.69, 9.17) is 30.5 Å². The van der Waals surface area contributed by atoms with E-state index in [0.29, 0.717) is 54.4 Å². The predicted octanol–water partition coefficient (Wildman–Crippen LogP) is 21.8. The maximum atomic E-state index is 8.40. The highest BCUT2D eigenvalue weighted by Gasteiger charge is 2.36. The molecule has 1 aliphatic carbocycles. The summed E-state index contributed by atoms with van der Waals surface area (Å²) in [6.07, 6.45) is 0. The number of nitrogens with zero attached hydrogens (tertiary/aromatic N) is 3. The van der Waals surface area contributed by atoms with Gasteiger partial charge >= 0.3 is 0 Å². The average molecular weight is 1170 g/mol. The van der Waals surface area contributed by atoms with Crippen molar-refractivity contribution >= 4 is 62.8 Å². The summed E-state index contributed by atoms with van der Waals surface area (Å²) >= 11 is 8.40. The van der Waals surface area contributed by atoms with Gasteiger partial charge in [0, 0.05) is 34.6 Å². The van der Waals surface area contributed by atoms with Gasteiger partial charge in [-0.15, -0.1) is 0 Å². The first-order valence-electron chi connectivity index (χ1n) is 30.5. The molecule has 0 amide bonds. The van der Waals surface area contributed by atoms with Crippen LogP contribution in [0.4, 0.5) is 51.2 Å². The van der Waals surface area contributed by atoms with Crippen LogP contribution in [-0.4, -0.2) is 26.4 Å². The van der Waals surface area contributed by atoms with E-state index in [1.54, 1.807) is 0 Å². The Balaban J connectivity index is 1.04. The molecule has 0 atom stereocenters. The van der Waals surface area contributed by atoms with Gasteiger partial charge < -0.3 is 33.6 Å². The van der Waals surface area contributed by atoms with E-state index in [2.05, 4.69) is 280 Å². The van der Waals surface area contributed by atoms with Gasteiger partial charge in [-0.2, -0.15) is 0 Å². The summed E-state index contributed by atoms with van der Waals surface area (Å²) in [7, 11) is 0. The topological polar surface area (TPSA) is 46.6 Å². The SMILES string of the molecule is Cc1cc(C(C)(C)C)cc(C)c1N(c1ccc2c(c1)OCCO2)c1cc(-c2ccc(N(c3ccc(-c4ccccc4)cc3)c3ccc4c(c3)C(C)(C)c3ccccc3-4)cc2)cc(N(c2ccc3c(c2)OCCO3)c2c(C)cc(C(C)(C)C)cc2C)c1Cl. The minimum Gasteiger partial charge on any atom is -0.486 e. The fourth-order valence-corrected chi connectivity index (χ4v) is 13.5. The molecule has 438 valence electrons. The third kappa shape index (κ3) is 10.5. The number of ether oxygens (including phenoxy) is 4. The number of rotatable bonds is 11. The standard InChI is InChI=1S/C79H76ClN3O4/c1-49-40-57(77(5,6)7)41-50(2)75(49)82(62-31-34-70-72(47-62)86-38-36-84-70)68-44-56(45-69(74(68)80)83(63-32-35-71-73(48-63)87-39-37-85-71)76-51(3)42-58(43-52(76)4)78(8,9)10)55-24-28-60(29-25-55)81(59-26-22-54(23-27-59)53-18-14-13-15-19-53)61-30-33-65-64-20-16-17-21-66(64)79(11,12)67(65)46-61/h13-35,40-48H,36-39H2,1-12H3. The molecule has 87 heavy (non-hydrogen) atoms. The zero-order valence-corrected chi connectivity index (χ0v) is 52.9. The largest absolute Gasteiger partial charge is 0.486 e. The molecule has 0 radical (unpaired) electrons. The van der Waals surface area contributed by atoms with E-state index in [-0.39, 0.29) is 16.2 Å². The molecule has 0 bridgehead atoms. The summed E-state index contributed by atoms with van der Waals surface area (Å²) < 4.78 is 25.0. The molecule has 2 heterocycles. The fourth-order valence-electron chi connectivity index (χ4n) is 13.2. The van der Waals surface area contributed by atoms with E-state index >= 15 is 0 Å². The lowest BCUT2D eigenvalue weighted by Gasteiger charge is -2.35. The highest BCUT2D eigenvalue weighted by molar-refractivity contribution is 6.37. The fraction of sp³-hybridized carbons (Fsp3) is 0.241. The number of aryl methyl sites for hydroxylation is 4. The number of hydrogen-bond acceptors (Lipinski definition) is 7. The summed E-state index contributed by atoms with van der Waals surface area (Å²) in [4.78, 5) is 7.05. The predicted molar refractivity (Wildman–Crippen MR) is 362 cm³/mol. The molecule has 0 spiro atoms. The highest BCUT2D eigenvalue weighted by Crippen LogP contribution is 2.55. The maximum absolute atomic E-state index is 8.40. The van der Waals surface area contributed by atoms with Crippen LogP contribution in [0.2, 0.25) is 5.02 Å². The van der Waals surface area contributed by atoms with E-state index in [0.717, 1.165) is 90.1 Å². The van der Waals surface area contributed by atoms with Crippen molar-refractivity contribution in [1.29, 1.82) is 0 Å². The molecular weight excluding hydrogens is 1090 g/mol. The zero-order valence-electron chi connectivity index (χ0n) is 52.2. The van der Waals surface area contributed by atoms with E-state index < -0.39 is 0 Å². The molecule has 0 saturated carbocycles. The lowest BCUT2D eigenvalue weighted by atomic mass is 9.82. The number of fused-ring (bicyclic) bond motifs is 5. The van der Waals surface area contributed by atoms with Gasteiger partial charge in [-0.05, 0) is 189 Å². The molecule has 0 aromatic heterocycles. The summed E-state index contributed by atoms with van der Waals surface area (Å²) in [6.45, 7) is 29.1. The monoisotopic (exact) mass is 1170 g/mol. The van der Waals surface area contributed by atoms with Gasteiger partial charge in [-0.25, -0.2) is 0 Å². The Morgan fingerprint density at radius 2 is 0.736 bits per heavy atom. The molecule has 0 saturated heterocycles. The Labute approximate surface area is 519 Å². The Morgan fingerprint density at radius 1 is 0.356 bits per heavy atom. The van der Waals surface area contributed by atoms with Crippen molar-refractivity contribution in [3.8, 4) is 56.4 Å². The second-order valence-corrected chi connectivity index (χ2v) is 26.6. The second-order valence-electron chi connectivity index (χ2n) is 26.3. The van der Waals surface area contributed by atoms with Crippen LogP contribution >= 0.6 is 11.6 Å². The van der Waals surface area contributed by atoms with Crippen molar-refractivity contribution in [1.82, 2.24) is 0 Å². The summed E-state index contributed by atoms with van der Waals surface area (Å²) in [5, 5.41) is 0.560. The smallest absolute Gasteiger partial charge is 0.163 e. The van der Waals surface area contributed by atoms with Crippen molar-refractivity contribution in [2.45, 2.75) is 99.3 Å². The number of anilines is 9. The van der Waals surface area contributed by atoms with Crippen LogP contribution in [0.15, 0.2) is 194 Å². The molecular formula is C79H76ClN3O4. The normalized spacial score (nSPS) is 13.9. The van der Waals surface area contributed by atoms with Crippen LogP contribution in [0.1, 0.15) is 99.9 Å². The van der Waals surface area contributed by atoms with Crippen molar-refractivity contribution < 1.29 is 18.9 Å². The Hall–Kier alpha value is -8.91. The van der Waals surface area contributed by atoms with Crippen molar-refractivity contribution in [2.24, 2.45) is 0 Å². The molecule has 0 unspecified atom stereocenters. The van der Waals surface area contributed by atoms with Gasteiger partial charge in [0.1, 0.15) is 26.4 Å². The minimum atomic E-state index is -0.183. The lowest BCUT2D eigenvalue weighted by Crippen LogP contribution is -2.20. The number of hydrogen-bond donors (Lipinski definition) is 0. The summed E-state index contributed by atoms with van der Waals surface area (Å²) in [6, 6.07) is 70.8. The van der Waals surface area contributed by atoms with Gasteiger partial charge in [0.2, 0.25) is 0 Å². The van der Waals surface area contributed by atoms with Gasteiger partial charge in [0.25, 0.3) is 0 Å². The maximum Gasteiger partial charge on any atom is 0.163 e. The van der Waals surface area contributed by atoms with Crippen LogP contribution in [-0.2, 0) is 16.2 Å². The van der Waals surface area contributed by atoms with Gasteiger partial charge in [-0.3, -0.25) is 0 Å². The van der Waals surface area contributed by atoms with Crippen LogP contribution in [0.3, 0.4) is 0 Å². The van der Waals surface area contributed by atoms with Gasteiger partial charge in [0.15, 0.2) is 23.0 Å². The second kappa shape index (κ2) is 22.1. The van der Waals surface area contributed by atoms with E-state index in [1.165, 1.54) is 38.9 Å². The Morgan fingerprint density at radius 3 is 1.21 bits per heavy atom. The Kier molecular flexibility index (Phi) is 14.5. The number of halogens is 1. The lowest BCUT2D eigenvalue weighted by molar-refractivity contribution is 0.171. The van der Waals surface area contributed by atoms with E-state index in [1.807, 2.05) is 12.1 Å². The minimum absolute atomic E-state index is 0.0840.